The molecule has 0 spiro atoms. The molecule has 1 saturated heterocycles. The van der Waals surface area contributed by atoms with Gasteiger partial charge in [0.1, 0.15) is 6.54 Å². The van der Waals surface area contributed by atoms with Crippen molar-refractivity contribution in [3.8, 4) is 0 Å². The number of nitrogens with zero attached hydrogens (tertiary/aromatic N) is 6. The van der Waals surface area contributed by atoms with Crippen LogP contribution in [-0.4, -0.2) is 56.5 Å². The molecule has 0 radical (unpaired) electrons. The molecule has 4 rings (SSSR count). The van der Waals surface area contributed by atoms with E-state index in [1.54, 1.807) is 23.4 Å². The van der Waals surface area contributed by atoms with Crippen molar-refractivity contribution < 1.29 is 4.79 Å². The van der Waals surface area contributed by atoms with Crippen LogP contribution in [-0.2, 0) is 11.3 Å². The zero-order valence-corrected chi connectivity index (χ0v) is 14.2. The van der Waals surface area contributed by atoms with Crippen LogP contribution in [0.25, 0.3) is 11.0 Å². The third-order valence-corrected chi connectivity index (χ3v) is 4.51. The Bertz CT molecular complexity index is 980. The Morgan fingerprint density at radius 3 is 2.46 bits per heavy atom. The summed E-state index contributed by atoms with van der Waals surface area (Å²) < 4.78 is 1.48. The molecule has 0 N–H and O–H groups in total. The molecule has 1 aliphatic rings. The zero-order valence-electron chi connectivity index (χ0n) is 14.2. The van der Waals surface area contributed by atoms with Crippen LogP contribution in [0.5, 0.6) is 0 Å². The van der Waals surface area contributed by atoms with Crippen molar-refractivity contribution in [2.75, 3.05) is 31.1 Å². The molecule has 0 unspecified atom stereocenters. The Hall–Kier alpha value is -3.29. The van der Waals surface area contributed by atoms with Gasteiger partial charge in [-0.15, -0.1) is 0 Å². The second-order valence-corrected chi connectivity index (χ2v) is 6.09. The lowest BCUT2D eigenvalue weighted by Crippen LogP contribution is -2.50. The number of aromatic nitrogens is 4. The Morgan fingerprint density at radius 2 is 1.69 bits per heavy atom. The number of amides is 1. The average Bonchev–Trinajstić information content (AvgIpc) is 2.71. The number of anilines is 1. The van der Waals surface area contributed by atoms with Crippen LogP contribution in [0.3, 0.4) is 0 Å². The van der Waals surface area contributed by atoms with E-state index >= 15 is 0 Å². The molecule has 132 valence electrons. The summed E-state index contributed by atoms with van der Waals surface area (Å²) in [5, 5.41) is 0. The van der Waals surface area contributed by atoms with Gasteiger partial charge >= 0.3 is 0 Å². The van der Waals surface area contributed by atoms with E-state index in [0.29, 0.717) is 43.2 Å². The summed E-state index contributed by atoms with van der Waals surface area (Å²) in [7, 11) is 0. The molecule has 3 heterocycles. The SMILES string of the molecule is O=C(Cn1c(=O)cnc2ccccc21)N1CCN(c2ncccn2)CC1. The highest BCUT2D eigenvalue weighted by Crippen LogP contribution is 2.12. The van der Waals surface area contributed by atoms with Crippen molar-refractivity contribution in [1.29, 1.82) is 0 Å². The number of piperazine rings is 1. The minimum absolute atomic E-state index is 0.0176. The van der Waals surface area contributed by atoms with Crippen molar-refractivity contribution in [2.24, 2.45) is 0 Å². The van der Waals surface area contributed by atoms with Crippen LogP contribution in [0.1, 0.15) is 0 Å². The van der Waals surface area contributed by atoms with Crippen LogP contribution in [0, 0.1) is 0 Å². The fourth-order valence-corrected chi connectivity index (χ4v) is 3.12. The third-order valence-electron chi connectivity index (χ3n) is 4.51. The molecule has 1 amide bonds. The zero-order chi connectivity index (χ0) is 17.9. The third kappa shape index (κ3) is 3.13. The first-order valence-electron chi connectivity index (χ1n) is 8.47. The largest absolute Gasteiger partial charge is 0.338 e. The Labute approximate surface area is 149 Å². The van der Waals surface area contributed by atoms with Crippen molar-refractivity contribution in [3.05, 3.63) is 59.3 Å². The molecule has 8 nitrogen and oxygen atoms in total. The van der Waals surface area contributed by atoms with Gasteiger partial charge in [-0.2, -0.15) is 0 Å². The number of hydrogen-bond donors (Lipinski definition) is 0. The summed E-state index contributed by atoms with van der Waals surface area (Å²) in [6, 6.07) is 9.11. The maximum absolute atomic E-state index is 12.7. The highest BCUT2D eigenvalue weighted by molar-refractivity contribution is 5.80. The summed E-state index contributed by atoms with van der Waals surface area (Å²) in [5.74, 6) is 0.605. The lowest BCUT2D eigenvalue weighted by molar-refractivity contribution is -0.132. The Kier molecular flexibility index (Phi) is 4.30. The van der Waals surface area contributed by atoms with Gasteiger partial charge in [-0.05, 0) is 18.2 Å². The van der Waals surface area contributed by atoms with E-state index in [-0.39, 0.29) is 18.0 Å². The standard InChI is InChI=1S/C18H18N6O2/c25-16-12-21-14-4-1-2-5-15(14)24(16)13-17(26)22-8-10-23(11-9-22)18-19-6-3-7-20-18/h1-7,12H,8-11,13H2. The number of para-hydroxylation sites is 2. The van der Waals surface area contributed by atoms with E-state index in [0.717, 1.165) is 0 Å². The van der Waals surface area contributed by atoms with Gasteiger partial charge in [0.25, 0.3) is 5.56 Å². The number of fused-ring (bicyclic) bond motifs is 1. The first kappa shape index (κ1) is 16.2. The molecule has 1 aliphatic heterocycles. The fraction of sp³-hybridized carbons (Fsp3) is 0.278. The number of carbonyl (C=O) groups is 1. The lowest BCUT2D eigenvalue weighted by atomic mass is 10.3. The number of rotatable bonds is 3. The van der Waals surface area contributed by atoms with Crippen LogP contribution in [0.15, 0.2) is 53.7 Å². The second-order valence-electron chi connectivity index (χ2n) is 6.09. The molecule has 1 fully saturated rings. The maximum atomic E-state index is 12.7. The van der Waals surface area contributed by atoms with E-state index in [4.69, 9.17) is 0 Å². The van der Waals surface area contributed by atoms with Crippen molar-refractivity contribution >= 4 is 22.9 Å². The average molecular weight is 350 g/mol. The van der Waals surface area contributed by atoms with Crippen LogP contribution in [0.4, 0.5) is 5.95 Å². The second kappa shape index (κ2) is 6.91. The fourth-order valence-electron chi connectivity index (χ4n) is 3.12. The molecule has 0 aliphatic carbocycles. The van der Waals surface area contributed by atoms with Gasteiger partial charge in [0.05, 0.1) is 17.2 Å². The van der Waals surface area contributed by atoms with Gasteiger partial charge in [-0.25, -0.2) is 15.0 Å². The number of benzene rings is 1. The molecular formula is C18H18N6O2. The molecule has 0 atom stereocenters. The molecule has 26 heavy (non-hydrogen) atoms. The van der Waals surface area contributed by atoms with Gasteiger partial charge in [0.2, 0.25) is 11.9 Å². The van der Waals surface area contributed by atoms with Crippen molar-refractivity contribution in [1.82, 2.24) is 24.4 Å². The predicted octanol–water partition coefficient (Wildman–Crippen LogP) is 0.535. The molecule has 0 bridgehead atoms. The van der Waals surface area contributed by atoms with Gasteiger partial charge in [-0.3, -0.25) is 14.2 Å². The first-order valence-corrected chi connectivity index (χ1v) is 8.47. The minimum Gasteiger partial charge on any atom is -0.338 e. The number of carbonyl (C=O) groups excluding carboxylic acids is 1. The summed E-state index contributed by atoms with van der Waals surface area (Å²) in [6.07, 6.45) is 4.68. The normalized spacial score (nSPS) is 14.6. The van der Waals surface area contributed by atoms with E-state index in [2.05, 4.69) is 19.9 Å². The lowest BCUT2D eigenvalue weighted by Gasteiger charge is -2.34. The molecule has 2 aromatic heterocycles. The highest BCUT2D eigenvalue weighted by atomic mass is 16.2. The first-order chi connectivity index (χ1) is 12.7. The topological polar surface area (TPSA) is 84.2 Å². The van der Waals surface area contributed by atoms with Gasteiger partial charge in [0.15, 0.2) is 0 Å². The molecule has 3 aromatic rings. The monoisotopic (exact) mass is 350 g/mol. The van der Waals surface area contributed by atoms with Crippen molar-refractivity contribution in [3.63, 3.8) is 0 Å². The number of hydrogen-bond acceptors (Lipinski definition) is 6. The van der Waals surface area contributed by atoms with Crippen LogP contribution in [0.2, 0.25) is 0 Å². The summed E-state index contributed by atoms with van der Waals surface area (Å²) in [5.41, 5.74) is 1.10. The Balaban J connectivity index is 1.47. The summed E-state index contributed by atoms with van der Waals surface area (Å²) in [4.78, 5) is 41.3. The maximum Gasteiger partial charge on any atom is 0.269 e. The highest BCUT2D eigenvalue weighted by Gasteiger charge is 2.23. The van der Waals surface area contributed by atoms with Crippen LogP contribution >= 0.6 is 0 Å². The Morgan fingerprint density at radius 1 is 0.962 bits per heavy atom. The molecule has 8 heteroatoms. The van der Waals surface area contributed by atoms with Crippen molar-refractivity contribution in [2.45, 2.75) is 6.54 Å². The summed E-state index contributed by atoms with van der Waals surface area (Å²) >= 11 is 0. The quantitative estimate of drug-likeness (QED) is 0.685. The van der Waals surface area contributed by atoms with E-state index in [1.165, 1.54) is 10.8 Å². The predicted molar refractivity (Wildman–Crippen MR) is 96.8 cm³/mol. The summed E-state index contributed by atoms with van der Waals surface area (Å²) in [6.45, 7) is 2.51. The molecular weight excluding hydrogens is 332 g/mol. The minimum atomic E-state index is -0.270. The van der Waals surface area contributed by atoms with Gasteiger partial charge in [0, 0.05) is 38.6 Å². The van der Waals surface area contributed by atoms with Gasteiger partial charge < -0.3 is 9.80 Å². The van der Waals surface area contributed by atoms with E-state index in [1.807, 2.05) is 24.3 Å². The smallest absolute Gasteiger partial charge is 0.269 e. The van der Waals surface area contributed by atoms with E-state index in [9.17, 15) is 9.59 Å². The molecule has 0 saturated carbocycles. The van der Waals surface area contributed by atoms with Gasteiger partial charge in [-0.1, -0.05) is 12.1 Å². The van der Waals surface area contributed by atoms with Crippen LogP contribution < -0.4 is 10.5 Å². The molecule has 1 aromatic carbocycles. The van der Waals surface area contributed by atoms with E-state index < -0.39 is 0 Å².